The molecule has 0 fully saturated rings. The van der Waals surface area contributed by atoms with Gasteiger partial charge in [-0.3, -0.25) is 4.79 Å². The molecule has 1 N–H and O–H groups in total. The van der Waals surface area contributed by atoms with Crippen molar-refractivity contribution in [2.75, 3.05) is 11.9 Å². The Kier molecular flexibility index (Phi) is 4.93. The number of likely N-dealkylation sites (N-methyl/N-ethyl adjacent to an activating group) is 1. The van der Waals surface area contributed by atoms with Crippen LogP contribution in [-0.4, -0.2) is 19.0 Å². The van der Waals surface area contributed by atoms with Crippen molar-refractivity contribution < 1.29 is 4.79 Å². The second-order valence-electron chi connectivity index (χ2n) is 7.01. The molecule has 0 aliphatic carbocycles. The van der Waals surface area contributed by atoms with E-state index in [1.807, 2.05) is 36.2 Å². The van der Waals surface area contributed by atoms with Gasteiger partial charge in [0.25, 0.3) is 5.91 Å². The maximum atomic E-state index is 12.8. The minimum absolute atomic E-state index is 0.132. The van der Waals surface area contributed by atoms with Crippen LogP contribution in [0.5, 0.6) is 0 Å². The van der Waals surface area contributed by atoms with Gasteiger partial charge in [-0.1, -0.05) is 72.8 Å². The predicted molar refractivity (Wildman–Crippen MR) is 116 cm³/mol. The van der Waals surface area contributed by atoms with Crippen molar-refractivity contribution in [3.8, 4) is 11.1 Å². The molecule has 3 nitrogen and oxygen atoms in total. The molecule has 1 amide bonds. The SMILES string of the molecule is C=C1C(Cc2cccc(-c3ccccc3)c2)NC(=O)c2cc(Cl)ccc2N1C. The molecule has 0 saturated heterocycles. The number of hydrogen-bond acceptors (Lipinski definition) is 2. The first-order valence-electron chi connectivity index (χ1n) is 9.20. The Labute approximate surface area is 170 Å². The maximum absolute atomic E-state index is 12.8. The van der Waals surface area contributed by atoms with Crippen LogP contribution in [0.4, 0.5) is 5.69 Å². The van der Waals surface area contributed by atoms with Crippen LogP contribution >= 0.6 is 11.6 Å². The van der Waals surface area contributed by atoms with Crippen molar-refractivity contribution >= 4 is 23.2 Å². The summed E-state index contributed by atoms with van der Waals surface area (Å²) in [5.74, 6) is -0.132. The molecule has 4 rings (SSSR count). The fourth-order valence-corrected chi connectivity index (χ4v) is 3.78. The summed E-state index contributed by atoms with van der Waals surface area (Å²) in [6.45, 7) is 4.25. The minimum atomic E-state index is -0.199. The average molecular weight is 389 g/mol. The number of anilines is 1. The summed E-state index contributed by atoms with van der Waals surface area (Å²) in [5, 5.41) is 3.65. The summed E-state index contributed by atoms with van der Waals surface area (Å²) < 4.78 is 0. The van der Waals surface area contributed by atoms with Crippen LogP contribution in [0.25, 0.3) is 11.1 Å². The molecule has 4 heteroatoms. The zero-order valence-electron chi connectivity index (χ0n) is 15.7. The van der Waals surface area contributed by atoms with E-state index in [-0.39, 0.29) is 11.9 Å². The summed E-state index contributed by atoms with van der Waals surface area (Å²) in [4.78, 5) is 14.8. The second kappa shape index (κ2) is 7.53. The van der Waals surface area contributed by atoms with Gasteiger partial charge < -0.3 is 10.2 Å². The van der Waals surface area contributed by atoms with Gasteiger partial charge in [0.2, 0.25) is 0 Å². The number of benzene rings is 3. The summed E-state index contributed by atoms with van der Waals surface area (Å²) in [6, 6.07) is 23.8. The molecule has 0 saturated carbocycles. The zero-order chi connectivity index (χ0) is 19.7. The van der Waals surface area contributed by atoms with E-state index in [9.17, 15) is 4.79 Å². The highest BCUT2D eigenvalue weighted by atomic mass is 35.5. The quantitative estimate of drug-likeness (QED) is 0.659. The van der Waals surface area contributed by atoms with E-state index >= 15 is 0 Å². The largest absolute Gasteiger partial charge is 0.346 e. The number of nitrogens with zero attached hydrogens (tertiary/aromatic N) is 1. The lowest BCUT2D eigenvalue weighted by Gasteiger charge is -2.26. The highest BCUT2D eigenvalue weighted by Crippen LogP contribution is 2.30. The Hall–Kier alpha value is -3.04. The first kappa shape index (κ1) is 18.3. The number of carbonyl (C=O) groups excluding carboxylic acids is 1. The highest BCUT2D eigenvalue weighted by molar-refractivity contribution is 6.31. The van der Waals surface area contributed by atoms with E-state index in [4.69, 9.17) is 11.6 Å². The third-order valence-corrected chi connectivity index (χ3v) is 5.41. The number of rotatable bonds is 3. The lowest BCUT2D eigenvalue weighted by atomic mass is 9.98. The zero-order valence-corrected chi connectivity index (χ0v) is 16.4. The predicted octanol–water partition coefficient (Wildman–Crippen LogP) is 5.31. The molecule has 0 radical (unpaired) electrons. The number of nitrogens with one attached hydrogen (secondary N) is 1. The molecule has 3 aromatic rings. The smallest absolute Gasteiger partial charge is 0.253 e. The number of halogens is 1. The molecule has 0 spiro atoms. The third kappa shape index (κ3) is 3.54. The van der Waals surface area contributed by atoms with Crippen molar-refractivity contribution in [3.63, 3.8) is 0 Å². The number of hydrogen-bond donors (Lipinski definition) is 1. The molecular formula is C24H21ClN2O. The fraction of sp³-hybridized carbons (Fsp3) is 0.125. The maximum Gasteiger partial charge on any atom is 0.253 e. The Morgan fingerprint density at radius 1 is 1.00 bits per heavy atom. The van der Waals surface area contributed by atoms with Crippen molar-refractivity contribution in [1.82, 2.24) is 5.32 Å². The van der Waals surface area contributed by atoms with Crippen molar-refractivity contribution in [2.24, 2.45) is 0 Å². The minimum Gasteiger partial charge on any atom is -0.346 e. The molecule has 0 aromatic heterocycles. The van der Waals surface area contributed by atoms with Crippen LogP contribution in [-0.2, 0) is 6.42 Å². The van der Waals surface area contributed by atoms with E-state index < -0.39 is 0 Å². The van der Waals surface area contributed by atoms with Gasteiger partial charge in [-0.2, -0.15) is 0 Å². The van der Waals surface area contributed by atoms with Crippen LogP contribution in [0.1, 0.15) is 15.9 Å². The Morgan fingerprint density at radius 2 is 1.75 bits per heavy atom. The van der Waals surface area contributed by atoms with Gasteiger partial charge in [-0.05, 0) is 41.3 Å². The topological polar surface area (TPSA) is 32.3 Å². The molecule has 1 aliphatic rings. The number of carbonyl (C=O) groups is 1. The summed E-state index contributed by atoms with van der Waals surface area (Å²) >= 11 is 6.10. The Bertz CT molecular complexity index is 1050. The van der Waals surface area contributed by atoms with Crippen LogP contribution in [0.3, 0.4) is 0 Å². The fourth-order valence-electron chi connectivity index (χ4n) is 3.60. The van der Waals surface area contributed by atoms with E-state index in [0.717, 1.165) is 22.5 Å². The molecule has 3 aromatic carbocycles. The van der Waals surface area contributed by atoms with Crippen LogP contribution in [0.15, 0.2) is 85.1 Å². The summed E-state index contributed by atoms with van der Waals surface area (Å²) in [6.07, 6.45) is 0.664. The molecule has 1 aliphatic heterocycles. The van der Waals surface area contributed by atoms with Gasteiger partial charge in [0.15, 0.2) is 0 Å². The molecule has 1 heterocycles. The highest BCUT2D eigenvalue weighted by Gasteiger charge is 2.28. The first-order chi connectivity index (χ1) is 13.5. The van der Waals surface area contributed by atoms with Gasteiger partial charge in [0, 0.05) is 17.8 Å². The third-order valence-electron chi connectivity index (χ3n) is 5.18. The van der Waals surface area contributed by atoms with Crippen molar-refractivity contribution in [2.45, 2.75) is 12.5 Å². The first-order valence-corrected chi connectivity index (χ1v) is 9.58. The standard InChI is InChI=1S/C24H21ClN2O/c1-16-22(26-24(28)21-15-20(25)11-12-23(21)27(16)2)14-17-7-6-10-19(13-17)18-8-4-3-5-9-18/h3-13,15,22H,1,14H2,2H3,(H,26,28). The molecule has 1 atom stereocenters. The Morgan fingerprint density at radius 3 is 2.54 bits per heavy atom. The monoisotopic (exact) mass is 388 g/mol. The van der Waals surface area contributed by atoms with Gasteiger partial charge in [-0.15, -0.1) is 0 Å². The lowest BCUT2D eigenvalue weighted by Crippen LogP contribution is -2.38. The van der Waals surface area contributed by atoms with Crippen LogP contribution in [0, 0.1) is 0 Å². The van der Waals surface area contributed by atoms with Crippen LogP contribution in [0.2, 0.25) is 5.02 Å². The van der Waals surface area contributed by atoms with E-state index in [2.05, 4.69) is 48.3 Å². The normalized spacial score (nSPS) is 16.4. The van der Waals surface area contributed by atoms with E-state index in [1.165, 1.54) is 5.56 Å². The summed E-state index contributed by atoms with van der Waals surface area (Å²) in [7, 11) is 1.93. The van der Waals surface area contributed by atoms with Gasteiger partial charge in [0.1, 0.15) is 0 Å². The van der Waals surface area contributed by atoms with Crippen molar-refractivity contribution in [1.29, 1.82) is 0 Å². The lowest BCUT2D eigenvalue weighted by molar-refractivity contribution is 0.0945. The molecule has 140 valence electrons. The second-order valence-corrected chi connectivity index (χ2v) is 7.44. The number of fused-ring (bicyclic) bond motifs is 1. The Balaban J connectivity index is 1.63. The molecule has 1 unspecified atom stereocenters. The van der Waals surface area contributed by atoms with E-state index in [1.54, 1.807) is 12.1 Å². The molecule has 0 bridgehead atoms. The number of amides is 1. The van der Waals surface area contributed by atoms with E-state index in [0.29, 0.717) is 17.0 Å². The average Bonchev–Trinajstić information content (AvgIpc) is 2.80. The molecular weight excluding hydrogens is 368 g/mol. The van der Waals surface area contributed by atoms with Gasteiger partial charge in [-0.25, -0.2) is 0 Å². The van der Waals surface area contributed by atoms with Crippen LogP contribution < -0.4 is 10.2 Å². The van der Waals surface area contributed by atoms with Crippen molar-refractivity contribution in [3.05, 3.63) is 101 Å². The summed E-state index contributed by atoms with van der Waals surface area (Å²) in [5.41, 5.74) is 5.70. The van der Waals surface area contributed by atoms with Gasteiger partial charge >= 0.3 is 0 Å². The van der Waals surface area contributed by atoms with Gasteiger partial charge in [0.05, 0.1) is 17.3 Å². The molecule has 28 heavy (non-hydrogen) atoms.